The minimum absolute atomic E-state index is 0.0884. The molecule has 0 amide bonds. The van der Waals surface area contributed by atoms with Gasteiger partial charge in [-0.25, -0.2) is 0 Å². The molecule has 0 bridgehead atoms. The van der Waals surface area contributed by atoms with Gasteiger partial charge in [0.1, 0.15) is 0 Å². The van der Waals surface area contributed by atoms with E-state index in [-0.39, 0.29) is 6.04 Å². The van der Waals surface area contributed by atoms with E-state index in [1.165, 1.54) is 10.5 Å². The fourth-order valence-corrected chi connectivity index (χ4v) is 1.93. The summed E-state index contributed by atoms with van der Waals surface area (Å²) in [5.74, 6) is 0.896. The number of aryl methyl sites for hydroxylation is 1. The van der Waals surface area contributed by atoms with Gasteiger partial charge in [0.25, 0.3) is 0 Å². The molecule has 1 atom stereocenters. The van der Waals surface area contributed by atoms with Crippen molar-refractivity contribution in [3.8, 4) is 0 Å². The van der Waals surface area contributed by atoms with Crippen LogP contribution in [0.4, 0.5) is 0 Å². The monoisotopic (exact) mass is 193 g/mol. The molecule has 1 rings (SSSR count). The van der Waals surface area contributed by atoms with Gasteiger partial charge in [-0.1, -0.05) is 23.8 Å². The minimum Gasteiger partial charge on any atom is -0.324 e. The predicted molar refractivity (Wildman–Crippen MR) is 60.1 cm³/mol. The summed E-state index contributed by atoms with van der Waals surface area (Å²) in [5.41, 5.74) is 7.01. The second kappa shape index (κ2) is 5.10. The first-order valence-corrected chi connectivity index (χ1v) is 5.28. The Morgan fingerprint density at radius 1 is 1.62 bits per heavy atom. The molecular weight excluding hydrogens is 178 g/mol. The molecular formula is C11H15NS. The Bertz CT molecular complexity index is 283. The molecule has 0 saturated heterocycles. The first-order chi connectivity index (χ1) is 6.22. The number of rotatable bonds is 4. The quantitative estimate of drug-likeness (QED) is 0.587. The van der Waals surface area contributed by atoms with Gasteiger partial charge in [0.2, 0.25) is 0 Å². The maximum atomic E-state index is 5.72. The third-order valence-electron chi connectivity index (χ3n) is 1.73. The summed E-state index contributed by atoms with van der Waals surface area (Å²) in [6.45, 7) is 5.75. The summed E-state index contributed by atoms with van der Waals surface area (Å²) in [6, 6.07) is 8.52. The zero-order chi connectivity index (χ0) is 9.68. The van der Waals surface area contributed by atoms with Crippen LogP contribution in [-0.2, 0) is 0 Å². The Morgan fingerprint density at radius 3 is 3.00 bits per heavy atom. The number of hydrogen-bond acceptors (Lipinski definition) is 2. The molecule has 1 nitrogen and oxygen atoms in total. The third kappa shape index (κ3) is 3.66. The Balaban J connectivity index is 2.49. The van der Waals surface area contributed by atoms with Crippen LogP contribution in [0.2, 0.25) is 0 Å². The molecule has 0 aliphatic carbocycles. The highest BCUT2D eigenvalue weighted by molar-refractivity contribution is 7.99. The Kier molecular flexibility index (Phi) is 4.06. The van der Waals surface area contributed by atoms with Gasteiger partial charge in [-0.05, 0) is 19.1 Å². The summed E-state index contributed by atoms with van der Waals surface area (Å²) in [4.78, 5) is 1.28. The zero-order valence-corrected chi connectivity index (χ0v) is 8.68. The van der Waals surface area contributed by atoms with Gasteiger partial charge in [-0.2, -0.15) is 0 Å². The fraction of sp³-hybridized carbons (Fsp3) is 0.273. The molecule has 0 radical (unpaired) electrons. The molecule has 2 heteroatoms. The SMILES string of the molecule is C=CC(N)CSc1cccc(C)c1. The van der Waals surface area contributed by atoms with Crippen LogP contribution in [0.25, 0.3) is 0 Å². The second-order valence-electron chi connectivity index (χ2n) is 3.03. The van der Waals surface area contributed by atoms with Crippen molar-refractivity contribution in [2.75, 3.05) is 5.75 Å². The number of benzene rings is 1. The molecule has 0 saturated carbocycles. The molecule has 2 N–H and O–H groups in total. The molecule has 0 aliphatic heterocycles. The van der Waals surface area contributed by atoms with E-state index in [2.05, 4.69) is 37.8 Å². The lowest BCUT2D eigenvalue weighted by atomic mass is 10.2. The maximum absolute atomic E-state index is 5.72. The summed E-state index contributed by atoms with van der Waals surface area (Å²) in [7, 11) is 0. The zero-order valence-electron chi connectivity index (χ0n) is 7.86. The van der Waals surface area contributed by atoms with Crippen LogP contribution >= 0.6 is 11.8 Å². The van der Waals surface area contributed by atoms with Crippen molar-refractivity contribution in [3.05, 3.63) is 42.5 Å². The van der Waals surface area contributed by atoms with E-state index < -0.39 is 0 Å². The Morgan fingerprint density at radius 2 is 2.38 bits per heavy atom. The maximum Gasteiger partial charge on any atom is 0.0316 e. The van der Waals surface area contributed by atoms with Crippen molar-refractivity contribution in [1.29, 1.82) is 0 Å². The third-order valence-corrected chi connectivity index (χ3v) is 2.87. The van der Waals surface area contributed by atoms with Crippen molar-refractivity contribution in [2.24, 2.45) is 5.73 Å². The van der Waals surface area contributed by atoms with Gasteiger partial charge in [-0.3, -0.25) is 0 Å². The highest BCUT2D eigenvalue weighted by atomic mass is 32.2. The molecule has 0 spiro atoms. The first kappa shape index (κ1) is 10.4. The van der Waals surface area contributed by atoms with Crippen LogP contribution in [0.15, 0.2) is 41.8 Å². The molecule has 13 heavy (non-hydrogen) atoms. The molecule has 1 aromatic rings. The van der Waals surface area contributed by atoms with Crippen molar-refractivity contribution >= 4 is 11.8 Å². The largest absolute Gasteiger partial charge is 0.324 e. The molecule has 0 aromatic heterocycles. The second-order valence-corrected chi connectivity index (χ2v) is 4.12. The van der Waals surface area contributed by atoms with Crippen molar-refractivity contribution in [1.82, 2.24) is 0 Å². The van der Waals surface area contributed by atoms with E-state index in [0.717, 1.165) is 5.75 Å². The van der Waals surface area contributed by atoms with Gasteiger partial charge in [0, 0.05) is 16.7 Å². The van der Waals surface area contributed by atoms with E-state index in [0.29, 0.717) is 0 Å². The van der Waals surface area contributed by atoms with Gasteiger partial charge < -0.3 is 5.73 Å². The van der Waals surface area contributed by atoms with E-state index in [9.17, 15) is 0 Å². The van der Waals surface area contributed by atoms with Crippen LogP contribution in [0.5, 0.6) is 0 Å². The molecule has 1 unspecified atom stereocenters. The van der Waals surface area contributed by atoms with Crippen LogP contribution in [-0.4, -0.2) is 11.8 Å². The standard InChI is InChI=1S/C11H15NS/c1-3-10(12)8-13-11-6-4-5-9(2)7-11/h3-7,10H,1,8,12H2,2H3. The normalized spacial score (nSPS) is 12.5. The molecule has 0 aliphatic rings. The summed E-state index contributed by atoms with van der Waals surface area (Å²) in [6.07, 6.45) is 1.78. The van der Waals surface area contributed by atoms with Gasteiger partial charge in [-0.15, -0.1) is 18.3 Å². The highest BCUT2D eigenvalue weighted by Gasteiger charge is 1.98. The number of hydrogen-bond donors (Lipinski definition) is 1. The van der Waals surface area contributed by atoms with E-state index in [4.69, 9.17) is 5.73 Å². The van der Waals surface area contributed by atoms with Gasteiger partial charge >= 0.3 is 0 Å². The lowest BCUT2D eigenvalue weighted by Crippen LogP contribution is -2.18. The van der Waals surface area contributed by atoms with Gasteiger partial charge in [0.05, 0.1) is 0 Å². The van der Waals surface area contributed by atoms with Crippen LogP contribution in [0.1, 0.15) is 5.56 Å². The van der Waals surface area contributed by atoms with Crippen molar-refractivity contribution in [3.63, 3.8) is 0 Å². The van der Waals surface area contributed by atoms with Crippen LogP contribution in [0.3, 0.4) is 0 Å². The molecule has 0 fully saturated rings. The summed E-state index contributed by atoms with van der Waals surface area (Å²) in [5, 5.41) is 0. The van der Waals surface area contributed by atoms with Crippen LogP contribution < -0.4 is 5.73 Å². The predicted octanol–water partition coefficient (Wildman–Crippen LogP) is 2.60. The first-order valence-electron chi connectivity index (χ1n) is 4.30. The Labute approximate surface area is 84.0 Å². The number of thioether (sulfide) groups is 1. The smallest absolute Gasteiger partial charge is 0.0316 e. The Hall–Kier alpha value is -0.730. The minimum atomic E-state index is 0.0884. The molecule has 70 valence electrons. The van der Waals surface area contributed by atoms with E-state index in [1.807, 2.05) is 0 Å². The fourth-order valence-electron chi connectivity index (χ4n) is 0.966. The average Bonchev–Trinajstić information content (AvgIpc) is 2.14. The average molecular weight is 193 g/mol. The lowest BCUT2D eigenvalue weighted by Gasteiger charge is -2.05. The molecule has 1 aromatic carbocycles. The summed E-state index contributed by atoms with van der Waals surface area (Å²) >= 11 is 1.77. The number of nitrogens with two attached hydrogens (primary N) is 1. The molecule has 0 heterocycles. The van der Waals surface area contributed by atoms with Crippen molar-refractivity contribution < 1.29 is 0 Å². The van der Waals surface area contributed by atoms with Crippen molar-refractivity contribution in [2.45, 2.75) is 17.9 Å². The lowest BCUT2D eigenvalue weighted by molar-refractivity contribution is 0.943. The van der Waals surface area contributed by atoms with Crippen LogP contribution in [0, 0.1) is 6.92 Å². The topological polar surface area (TPSA) is 26.0 Å². The summed E-state index contributed by atoms with van der Waals surface area (Å²) < 4.78 is 0. The highest BCUT2D eigenvalue weighted by Crippen LogP contribution is 2.19. The van der Waals surface area contributed by atoms with Gasteiger partial charge in [0.15, 0.2) is 0 Å². The van der Waals surface area contributed by atoms with E-state index in [1.54, 1.807) is 17.8 Å². The van der Waals surface area contributed by atoms with E-state index >= 15 is 0 Å².